The second-order valence-corrected chi connectivity index (χ2v) is 18.9. The van der Waals surface area contributed by atoms with Crippen molar-refractivity contribution in [1.82, 2.24) is 45.8 Å². The van der Waals surface area contributed by atoms with E-state index < -0.39 is 277 Å². The summed E-state index contributed by atoms with van der Waals surface area (Å²) in [5.41, 5.74) is 0. The van der Waals surface area contributed by atoms with Gasteiger partial charge in [-0.2, -0.15) is 0 Å². The molecule has 23 N–H and O–H groups in total. The first-order valence-electron chi connectivity index (χ1n) is 26.1. The van der Waals surface area contributed by atoms with Crippen LogP contribution in [0.2, 0.25) is 0 Å². The average Bonchev–Trinajstić information content (AvgIpc) is 3.43. The number of carboxylic acids is 3. The Labute approximate surface area is 475 Å². The molecule has 0 aliphatic carbocycles. The van der Waals surface area contributed by atoms with E-state index in [-0.39, 0.29) is 13.1 Å². The molecule has 482 valence electrons. The van der Waals surface area contributed by atoms with E-state index in [1.807, 2.05) is 0 Å². The molecular formula is C46H85N9O28. The molecule has 37 nitrogen and oxygen atoms in total. The highest BCUT2D eigenvalue weighted by Gasteiger charge is 2.34. The van der Waals surface area contributed by atoms with E-state index in [9.17, 15) is 120 Å². The lowest BCUT2D eigenvalue weighted by Crippen LogP contribution is -2.52. The first-order chi connectivity index (χ1) is 39.0. The maximum Gasteiger partial charge on any atom is 0.317 e. The fourth-order valence-corrected chi connectivity index (χ4v) is 7.49. The predicted octanol–water partition coefficient (Wildman–Crippen LogP) is -14.9. The van der Waals surface area contributed by atoms with Gasteiger partial charge >= 0.3 is 17.9 Å². The number of carbonyl (C=O) groups excluding carboxylic acids is 6. The Balaban J connectivity index is 6.53. The molecule has 0 aromatic carbocycles. The third kappa shape index (κ3) is 31.3. The van der Waals surface area contributed by atoms with Crippen molar-refractivity contribution in [3.8, 4) is 0 Å². The molecule has 0 spiro atoms. The minimum Gasteiger partial charge on any atom is -0.480 e. The third-order valence-electron chi connectivity index (χ3n) is 12.3. The average molecular weight is 1210 g/mol. The molecule has 0 rings (SSSR count). The van der Waals surface area contributed by atoms with Crippen molar-refractivity contribution in [2.75, 3.05) is 138 Å². The van der Waals surface area contributed by atoms with Gasteiger partial charge in [0.2, 0.25) is 11.8 Å². The van der Waals surface area contributed by atoms with Crippen LogP contribution in [0.4, 0.5) is 0 Å². The number of hydrogen-bond acceptors (Lipinski definition) is 28. The molecule has 37 heteroatoms. The van der Waals surface area contributed by atoms with Crippen molar-refractivity contribution in [2.24, 2.45) is 0 Å². The van der Waals surface area contributed by atoms with E-state index in [2.05, 4.69) is 21.3 Å². The summed E-state index contributed by atoms with van der Waals surface area (Å²) in [6, 6.07) is 0. The normalized spacial score (nSPS) is 16.0. The summed E-state index contributed by atoms with van der Waals surface area (Å²) in [6.07, 6.45) is -25.7. The lowest BCUT2D eigenvalue weighted by Gasteiger charge is -2.31. The van der Waals surface area contributed by atoms with Gasteiger partial charge in [-0.05, 0) is 25.7 Å². The molecule has 0 fully saturated rings. The first kappa shape index (κ1) is 77.5. The lowest BCUT2D eigenvalue weighted by molar-refractivity contribution is -0.143. The molecule has 0 radical (unpaired) electrons. The van der Waals surface area contributed by atoms with Gasteiger partial charge in [-0.3, -0.25) is 57.9 Å². The van der Waals surface area contributed by atoms with Crippen LogP contribution in [0.5, 0.6) is 0 Å². The zero-order valence-corrected chi connectivity index (χ0v) is 45.5. The Hall–Kier alpha value is -5.53. The molecule has 0 bridgehead atoms. The van der Waals surface area contributed by atoms with Crippen LogP contribution in [0.15, 0.2) is 0 Å². The number of amides is 6. The molecule has 6 amide bonds. The Kier molecular flexibility index (Phi) is 39.5. The molecule has 0 heterocycles. The Morgan fingerprint density at radius 2 is 0.506 bits per heavy atom. The van der Waals surface area contributed by atoms with Crippen LogP contribution in [-0.2, 0) is 43.2 Å². The maximum absolute atomic E-state index is 13.8. The smallest absolute Gasteiger partial charge is 0.317 e. The summed E-state index contributed by atoms with van der Waals surface area (Å²) in [5, 5.41) is 195. The lowest BCUT2D eigenvalue weighted by atomic mass is 10.1. The SMILES string of the molecule is O=C(O)CN(CCN(CC(=O)O)CC(=O)N(CCNC(=O)[C@@H](O)[C@@H](O)[C@@H](O)CCO)CCNC(=O)[C@@H](O)[C@@H](O)[C@@H](O)CCO)CCN(CC(=O)O)CC(=O)N(CCNC(=O)[C@@H](O)[C@@H](O)[C@@H](O)CCO)CCNC(=O)[C@@H](O)[C@@H](O)[C@@H](O)CCO. The number of nitrogens with one attached hydrogen (secondary N) is 4. The molecule has 83 heavy (non-hydrogen) atoms. The van der Waals surface area contributed by atoms with Gasteiger partial charge in [0.1, 0.15) is 24.4 Å². The van der Waals surface area contributed by atoms with Crippen molar-refractivity contribution >= 4 is 53.4 Å². The van der Waals surface area contributed by atoms with E-state index in [4.69, 9.17) is 20.4 Å². The van der Waals surface area contributed by atoms with E-state index in [0.29, 0.717) is 0 Å². The van der Waals surface area contributed by atoms with Gasteiger partial charge in [-0.1, -0.05) is 0 Å². The molecule has 0 aliphatic heterocycles. The van der Waals surface area contributed by atoms with Crippen molar-refractivity contribution in [3.63, 3.8) is 0 Å². The minimum atomic E-state index is -2.23. The van der Waals surface area contributed by atoms with Crippen LogP contribution < -0.4 is 21.3 Å². The largest absolute Gasteiger partial charge is 0.480 e. The number of nitrogens with zero attached hydrogens (tertiary/aromatic N) is 5. The number of aliphatic hydroxyl groups excluding tert-OH is 16. The Morgan fingerprint density at radius 1 is 0.301 bits per heavy atom. The number of aliphatic hydroxyl groups is 16. The molecular weight excluding hydrogens is 1130 g/mol. The summed E-state index contributed by atoms with van der Waals surface area (Å²) < 4.78 is 0. The standard InChI is InChI=1S/C46H85N9O28/c56-17-1-26(60)35(72)39(76)43(80)47-5-9-54(10-6-48-44(81)40(77)36(73)27(61)2-18-57)30(64)21-52(24-33(68)69)15-13-51(23-32(66)67)14-16-53(25-34(70)71)22-31(65)55(11-7-49-45(82)41(78)37(74)28(62)3-19-58)12-8-50-46(83)42(79)38(75)29(63)4-20-59/h26-29,35-42,56-63,72-79H,1-25H2,(H,47,80)(H,48,81)(H,49,82)(H,50,83)(H,66,67)(H,68,69)(H,70,71)/t26-,27-,28-,29-,35-,36-,37-,38-,39-,40-,41-,42-/m0/s1. The van der Waals surface area contributed by atoms with Crippen LogP contribution in [0.3, 0.4) is 0 Å². The highest BCUT2D eigenvalue weighted by molar-refractivity contribution is 5.84. The summed E-state index contributed by atoms with van der Waals surface area (Å²) in [4.78, 5) is 119. The van der Waals surface area contributed by atoms with Crippen LogP contribution >= 0.6 is 0 Å². The quantitative estimate of drug-likeness (QED) is 0.0269. The zero-order chi connectivity index (χ0) is 63.5. The molecule has 0 aromatic heterocycles. The predicted molar refractivity (Wildman–Crippen MR) is 276 cm³/mol. The molecule has 0 saturated heterocycles. The van der Waals surface area contributed by atoms with Crippen LogP contribution in [0.25, 0.3) is 0 Å². The minimum absolute atomic E-state index is 0.362. The van der Waals surface area contributed by atoms with Crippen LogP contribution in [-0.4, -0.2) is 386 Å². The molecule has 0 unspecified atom stereocenters. The monoisotopic (exact) mass is 1210 g/mol. The number of rotatable bonds is 48. The van der Waals surface area contributed by atoms with Gasteiger partial charge in [0, 0.05) is 105 Å². The van der Waals surface area contributed by atoms with E-state index in [1.165, 1.54) is 4.90 Å². The molecule has 0 aromatic rings. The summed E-state index contributed by atoms with van der Waals surface area (Å²) in [5.74, 6) is -11.2. The summed E-state index contributed by atoms with van der Waals surface area (Å²) in [6.45, 7) is -11.9. The van der Waals surface area contributed by atoms with Gasteiger partial charge < -0.3 is 128 Å². The summed E-state index contributed by atoms with van der Waals surface area (Å²) in [7, 11) is 0. The highest BCUT2D eigenvalue weighted by Crippen LogP contribution is 2.09. The van der Waals surface area contributed by atoms with Gasteiger partial charge in [0.25, 0.3) is 23.6 Å². The molecule has 0 aliphatic rings. The second kappa shape index (κ2) is 42.3. The summed E-state index contributed by atoms with van der Waals surface area (Å²) >= 11 is 0. The number of carbonyl (C=O) groups is 9. The van der Waals surface area contributed by atoms with Crippen molar-refractivity contribution in [3.05, 3.63) is 0 Å². The fourth-order valence-electron chi connectivity index (χ4n) is 7.49. The van der Waals surface area contributed by atoms with Crippen molar-refractivity contribution < 1.29 is 140 Å². The number of carboxylic acid groups (broad SMARTS) is 3. The van der Waals surface area contributed by atoms with Crippen LogP contribution in [0.1, 0.15) is 25.7 Å². The van der Waals surface area contributed by atoms with E-state index >= 15 is 0 Å². The van der Waals surface area contributed by atoms with E-state index in [0.717, 1.165) is 19.6 Å². The zero-order valence-electron chi connectivity index (χ0n) is 45.5. The van der Waals surface area contributed by atoms with Gasteiger partial charge in [-0.25, -0.2) is 0 Å². The molecule has 0 saturated carbocycles. The Morgan fingerprint density at radius 3 is 0.711 bits per heavy atom. The third-order valence-corrected chi connectivity index (χ3v) is 12.3. The van der Waals surface area contributed by atoms with Crippen molar-refractivity contribution in [2.45, 2.75) is 98.9 Å². The first-order valence-corrected chi connectivity index (χ1v) is 26.1. The highest BCUT2D eigenvalue weighted by atomic mass is 16.4. The van der Waals surface area contributed by atoms with E-state index in [1.54, 1.807) is 0 Å². The number of hydrogen-bond donors (Lipinski definition) is 23. The Bertz CT molecular complexity index is 1760. The maximum atomic E-state index is 13.8. The van der Waals surface area contributed by atoms with Gasteiger partial charge in [-0.15, -0.1) is 0 Å². The topological polar surface area (TPSA) is 602 Å². The molecule has 12 atom stereocenters. The van der Waals surface area contributed by atoms with Gasteiger partial charge in [0.15, 0.2) is 24.4 Å². The van der Waals surface area contributed by atoms with Gasteiger partial charge in [0.05, 0.1) is 57.1 Å². The van der Waals surface area contributed by atoms with Crippen molar-refractivity contribution in [1.29, 1.82) is 0 Å². The second-order valence-electron chi connectivity index (χ2n) is 18.9. The number of aliphatic carboxylic acids is 3. The van der Waals surface area contributed by atoms with Crippen LogP contribution in [0, 0.1) is 0 Å². The fraction of sp³-hybridized carbons (Fsp3) is 0.804.